The Morgan fingerprint density at radius 3 is 2.41 bits per heavy atom. The first-order chi connectivity index (χ1) is 16.0. The fourth-order valence-electron chi connectivity index (χ4n) is 3.41. The summed E-state index contributed by atoms with van der Waals surface area (Å²) < 4.78 is 77.6. The zero-order chi connectivity index (χ0) is 24.7. The average molecular weight is 514 g/mol. The minimum atomic E-state index is -4.28. The van der Waals surface area contributed by atoms with Gasteiger partial charge in [0.1, 0.15) is 23.4 Å². The second-order valence-electron chi connectivity index (χ2n) is 7.75. The van der Waals surface area contributed by atoms with Gasteiger partial charge in [0.2, 0.25) is 15.9 Å². The summed E-state index contributed by atoms with van der Waals surface area (Å²) in [6, 6.07) is 7.97. The summed E-state index contributed by atoms with van der Waals surface area (Å²) in [4.78, 5) is 23.2. The number of benzene rings is 2. The third kappa shape index (κ3) is 5.07. The Kier molecular flexibility index (Phi) is 6.12. The smallest absolute Gasteiger partial charge is 0.409 e. The van der Waals surface area contributed by atoms with Crippen LogP contribution in [0.25, 0.3) is 0 Å². The lowest BCUT2D eigenvalue weighted by molar-refractivity contribution is -0.120. The summed E-state index contributed by atoms with van der Waals surface area (Å²) >= 11 is 0. The predicted molar refractivity (Wildman–Crippen MR) is 117 cm³/mol. The molecule has 3 N–H and O–H groups in total. The topological polar surface area (TPSA) is 162 Å². The summed E-state index contributed by atoms with van der Waals surface area (Å²) in [5, 5.41) is -0.608. The molecule has 4 rings (SSSR count). The van der Waals surface area contributed by atoms with E-state index in [1.54, 1.807) is 0 Å². The quantitative estimate of drug-likeness (QED) is 0.559. The number of carbonyl (C=O) groups is 2. The third-order valence-corrected chi connectivity index (χ3v) is 8.77. The molecule has 1 aliphatic carbocycles. The first kappa shape index (κ1) is 23.8. The molecule has 1 saturated carbocycles. The van der Waals surface area contributed by atoms with Crippen LogP contribution in [0, 0.1) is 5.82 Å². The van der Waals surface area contributed by atoms with Gasteiger partial charge in [-0.3, -0.25) is 13.8 Å². The molecule has 11 nitrogen and oxygen atoms in total. The van der Waals surface area contributed by atoms with E-state index in [9.17, 15) is 30.8 Å². The molecule has 0 bridgehead atoms. The zero-order valence-electron chi connectivity index (χ0n) is 17.5. The molecule has 2 amide bonds. The Morgan fingerprint density at radius 2 is 1.79 bits per heavy atom. The number of hydrogen-bond acceptors (Lipinski definition) is 8. The zero-order valence-corrected chi connectivity index (χ0v) is 19.1. The predicted octanol–water partition coefficient (Wildman–Crippen LogP) is 1.24. The molecule has 2 aliphatic rings. The van der Waals surface area contributed by atoms with Crippen LogP contribution in [0.5, 0.6) is 11.5 Å². The van der Waals surface area contributed by atoms with Gasteiger partial charge in [0, 0.05) is 6.07 Å². The van der Waals surface area contributed by atoms with Crippen molar-refractivity contribution in [2.75, 3.05) is 10.8 Å². The monoisotopic (exact) mass is 513 g/mol. The number of rotatable bonds is 7. The highest BCUT2D eigenvalue weighted by atomic mass is 32.2. The number of primary amides is 1. The van der Waals surface area contributed by atoms with E-state index in [4.69, 9.17) is 15.2 Å². The fraction of sp³-hybridized carbons (Fsp3) is 0.300. The molecule has 14 heteroatoms. The molecule has 1 unspecified atom stereocenters. The molecule has 0 aromatic heterocycles. The van der Waals surface area contributed by atoms with Gasteiger partial charge >= 0.3 is 6.09 Å². The van der Waals surface area contributed by atoms with Crippen LogP contribution < -0.4 is 24.2 Å². The van der Waals surface area contributed by atoms with Crippen molar-refractivity contribution in [3.63, 3.8) is 0 Å². The minimum absolute atomic E-state index is 0.00895. The SMILES string of the molecule is NC(=O)Oc1ccc2c(c1)N(S(=O)(=O)c1ccc(F)cc1)CC(CC(=O)NS(=O)(=O)C1CC1)O2. The Bertz CT molecular complexity index is 1340. The van der Waals surface area contributed by atoms with Crippen molar-refractivity contribution in [3.05, 3.63) is 48.3 Å². The van der Waals surface area contributed by atoms with Gasteiger partial charge in [-0.2, -0.15) is 0 Å². The first-order valence-corrected chi connectivity index (χ1v) is 13.0. The highest BCUT2D eigenvalue weighted by Gasteiger charge is 2.39. The average Bonchev–Trinajstić information content (AvgIpc) is 3.59. The summed E-state index contributed by atoms with van der Waals surface area (Å²) in [5.74, 6) is -1.49. The molecular formula is C20H20FN3O8S2. The Balaban J connectivity index is 1.65. The second-order valence-corrected chi connectivity index (χ2v) is 11.6. The highest BCUT2D eigenvalue weighted by Crippen LogP contribution is 2.40. The molecule has 0 spiro atoms. The van der Waals surface area contributed by atoms with Crippen LogP contribution in [0.4, 0.5) is 14.9 Å². The maximum absolute atomic E-state index is 13.4. The molecule has 1 heterocycles. The van der Waals surface area contributed by atoms with Gasteiger partial charge in [-0.1, -0.05) is 0 Å². The number of carbonyl (C=O) groups excluding carboxylic acids is 2. The number of hydrogen-bond donors (Lipinski definition) is 2. The van der Waals surface area contributed by atoms with Crippen molar-refractivity contribution in [2.24, 2.45) is 5.73 Å². The van der Waals surface area contributed by atoms with E-state index in [1.165, 1.54) is 18.2 Å². The molecule has 1 fully saturated rings. The Labute approximate surface area is 194 Å². The molecule has 1 atom stereocenters. The first-order valence-electron chi connectivity index (χ1n) is 10.1. The van der Waals surface area contributed by atoms with Gasteiger partial charge in [-0.15, -0.1) is 0 Å². The van der Waals surface area contributed by atoms with Crippen LogP contribution in [0.15, 0.2) is 47.4 Å². The van der Waals surface area contributed by atoms with Crippen LogP contribution in [0.3, 0.4) is 0 Å². The number of nitrogens with two attached hydrogens (primary N) is 1. The van der Waals surface area contributed by atoms with Crippen molar-refractivity contribution in [2.45, 2.75) is 35.5 Å². The summed E-state index contributed by atoms with van der Waals surface area (Å²) in [6.07, 6.45) is -1.67. The van der Waals surface area contributed by atoms with Crippen LogP contribution >= 0.6 is 0 Å². The molecule has 0 saturated heterocycles. The molecule has 182 valence electrons. The minimum Gasteiger partial charge on any atom is -0.486 e. The molecule has 2 aromatic rings. The number of halogens is 1. The maximum atomic E-state index is 13.4. The number of ether oxygens (including phenoxy) is 2. The third-order valence-electron chi connectivity index (χ3n) is 5.11. The summed E-state index contributed by atoms with van der Waals surface area (Å²) in [5.41, 5.74) is 5.02. The largest absolute Gasteiger partial charge is 0.486 e. The fourth-order valence-corrected chi connectivity index (χ4v) is 6.23. The van der Waals surface area contributed by atoms with Crippen LogP contribution in [-0.4, -0.2) is 46.7 Å². The molecule has 34 heavy (non-hydrogen) atoms. The van der Waals surface area contributed by atoms with Crippen LogP contribution in [-0.2, 0) is 24.8 Å². The summed E-state index contributed by atoms with van der Waals surface area (Å²) in [7, 11) is -8.07. The lowest BCUT2D eigenvalue weighted by Crippen LogP contribution is -2.46. The van der Waals surface area contributed by atoms with E-state index in [1.807, 2.05) is 4.72 Å². The number of nitrogens with zero attached hydrogens (tertiary/aromatic N) is 1. The van der Waals surface area contributed by atoms with Crippen molar-refractivity contribution < 1.29 is 40.3 Å². The van der Waals surface area contributed by atoms with Crippen molar-refractivity contribution in [1.82, 2.24) is 4.72 Å². The van der Waals surface area contributed by atoms with Gasteiger partial charge in [0.25, 0.3) is 10.0 Å². The second kappa shape index (κ2) is 8.76. The standard InChI is InChI=1S/C20H20FN3O8S2/c21-12-1-4-16(5-2-12)34(29,30)24-11-14(10-19(25)23-33(27,28)15-6-7-15)31-18-8-3-13(9-17(18)24)32-20(22)26/h1-5,8-9,14-15H,6-7,10-11H2,(H2,22,26)(H,23,25). The van der Waals surface area contributed by atoms with E-state index in [2.05, 4.69) is 0 Å². The van der Waals surface area contributed by atoms with Crippen molar-refractivity contribution in [1.29, 1.82) is 0 Å². The highest BCUT2D eigenvalue weighted by molar-refractivity contribution is 7.92. The summed E-state index contributed by atoms with van der Waals surface area (Å²) in [6.45, 7) is -0.371. The Hall–Kier alpha value is -3.39. The molecule has 1 aliphatic heterocycles. The van der Waals surface area contributed by atoms with E-state index in [-0.39, 0.29) is 28.6 Å². The van der Waals surface area contributed by atoms with E-state index < -0.39 is 55.6 Å². The van der Waals surface area contributed by atoms with Crippen molar-refractivity contribution in [3.8, 4) is 11.5 Å². The van der Waals surface area contributed by atoms with E-state index in [0.29, 0.717) is 12.8 Å². The maximum Gasteiger partial charge on any atom is 0.409 e. The van der Waals surface area contributed by atoms with E-state index in [0.717, 1.165) is 28.6 Å². The normalized spacial score (nSPS) is 17.9. The van der Waals surface area contributed by atoms with E-state index >= 15 is 0 Å². The van der Waals surface area contributed by atoms with Crippen molar-refractivity contribution >= 4 is 37.7 Å². The number of amides is 2. The van der Waals surface area contributed by atoms with Gasteiger partial charge < -0.3 is 15.2 Å². The van der Waals surface area contributed by atoms with Crippen LogP contribution in [0.2, 0.25) is 0 Å². The molecular weight excluding hydrogens is 493 g/mol. The van der Waals surface area contributed by atoms with Gasteiger partial charge in [0.05, 0.1) is 28.8 Å². The lowest BCUT2D eigenvalue weighted by Gasteiger charge is -2.35. The van der Waals surface area contributed by atoms with Crippen LogP contribution in [0.1, 0.15) is 19.3 Å². The van der Waals surface area contributed by atoms with Gasteiger partial charge in [-0.25, -0.2) is 26.0 Å². The molecule has 2 aromatic carbocycles. The number of sulfonamides is 2. The Morgan fingerprint density at radius 1 is 1.12 bits per heavy atom. The number of fused-ring (bicyclic) bond motifs is 1. The number of anilines is 1. The number of nitrogens with one attached hydrogen (secondary N) is 1. The lowest BCUT2D eigenvalue weighted by atomic mass is 10.1. The van der Waals surface area contributed by atoms with Gasteiger partial charge in [-0.05, 0) is 49.2 Å². The molecule has 0 radical (unpaired) electrons. The van der Waals surface area contributed by atoms with Gasteiger partial charge in [0.15, 0.2) is 0 Å².